The summed E-state index contributed by atoms with van der Waals surface area (Å²) in [5.41, 5.74) is 6.38. The smallest absolute Gasteiger partial charge is 0.121 e. The van der Waals surface area contributed by atoms with Crippen LogP contribution in [0.25, 0.3) is 5.57 Å². The lowest BCUT2D eigenvalue weighted by molar-refractivity contribution is 0.0251. The molecule has 158 valence electrons. The minimum atomic E-state index is -0.173. The number of nitrogens with zero attached hydrogens (tertiary/aromatic N) is 1. The number of aliphatic hydroxyl groups is 1. The van der Waals surface area contributed by atoms with Gasteiger partial charge in [-0.2, -0.15) is 0 Å². The number of aromatic hydroxyl groups is 1. The zero-order valence-electron chi connectivity index (χ0n) is 18.3. The van der Waals surface area contributed by atoms with Crippen LogP contribution in [0.3, 0.4) is 0 Å². The number of rotatable bonds is 3. The molecule has 2 aromatic rings. The summed E-state index contributed by atoms with van der Waals surface area (Å²) < 4.78 is 0. The molecule has 0 aliphatic heterocycles. The third-order valence-corrected chi connectivity index (χ3v) is 8.26. The van der Waals surface area contributed by atoms with E-state index in [4.69, 9.17) is 0 Å². The normalized spacial score (nSPS) is 31.0. The summed E-state index contributed by atoms with van der Waals surface area (Å²) in [6.45, 7) is 2.29. The van der Waals surface area contributed by atoms with Crippen LogP contribution in [-0.2, 0) is 6.42 Å². The van der Waals surface area contributed by atoms with Crippen LogP contribution in [0.15, 0.2) is 48.5 Å². The molecule has 0 bridgehead atoms. The molecular formula is C27H33NO2. The van der Waals surface area contributed by atoms with E-state index in [1.54, 1.807) is 0 Å². The summed E-state index contributed by atoms with van der Waals surface area (Å²) in [5.74, 6) is 1.49. The predicted molar refractivity (Wildman–Crippen MR) is 121 cm³/mol. The molecule has 0 aromatic heterocycles. The van der Waals surface area contributed by atoms with E-state index in [0.29, 0.717) is 17.6 Å². The van der Waals surface area contributed by atoms with E-state index in [1.807, 2.05) is 12.1 Å². The largest absolute Gasteiger partial charge is 0.508 e. The molecule has 4 unspecified atom stereocenters. The van der Waals surface area contributed by atoms with Gasteiger partial charge in [0.1, 0.15) is 5.75 Å². The van der Waals surface area contributed by atoms with Gasteiger partial charge in [-0.3, -0.25) is 4.90 Å². The Labute approximate surface area is 180 Å². The highest BCUT2D eigenvalue weighted by Gasteiger charge is 2.52. The highest BCUT2D eigenvalue weighted by Crippen LogP contribution is 2.59. The van der Waals surface area contributed by atoms with Gasteiger partial charge in [-0.25, -0.2) is 0 Å². The number of phenolic OH excluding ortho intramolecular Hbond substituents is 1. The van der Waals surface area contributed by atoms with Crippen molar-refractivity contribution >= 4 is 5.57 Å². The Bertz CT molecular complexity index is 980. The van der Waals surface area contributed by atoms with Gasteiger partial charge in [0, 0.05) is 11.0 Å². The van der Waals surface area contributed by atoms with Crippen molar-refractivity contribution in [1.29, 1.82) is 0 Å². The molecule has 0 spiro atoms. The summed E-state index contributed by atoms with van der Waals surface area (Å²) in [6, 6.07) is 14.6. The summed E-state index contributed by atoms with van der Waals surface area (Å²) in [4.78, 5) is 2.20. The third-order valence-electron chi connectivity index (χ3n) is 8.26. The lowest BCUT2D eigenvalue weighted by atomic mass is 9.59. The van der Waals surface area contributed by atoms with Gasteiger partial charge in [0.2, 0.25) is 0 Å². The number of hydrogen-bond donors (Lipinski definition) is 2. The Morgan fingerprint density at radius 2 is 1.80 bits per heavy atom. The molecule has 0 amide bonds. The maximum atomic E-state index is 11.0. The van der Waals surface area contributed by atoms with Gasteiger partial charge < -0.3 is 10.2 Å². The quantitative estimate of drug-likeness (QED) is 0.743. The molecule has 30 heavy (non-hydrogen) atoms. The average molecular weight is 404 g/mol. The number of aliphatic hydroxyl groups excluding tert-OH is 1. The molecule has 0 heterocycles. The molecule has 2 aromatic carbocycles. The second kappa shape index (κ2) is 7.25. The molecule has 1 saturated carbocycles. The summed E-state index contributed by atoms with van der Waals surface area (Å²) in [6.07, 6.45) is 7.34. The van der Waals surface area contributed by atoms with E-state index in [1.165, 1.54) is 22.3 Å². The van der Waals surface area contributed by atoms with Crippen molar-refractivity contribution in [1.82, 2.24) is 4.90 Å². The van der Waals surface area contributed by atoms with Crippen LogP contribution in [0.1, 0.15) is 60.9 Å². The SMILES string of the molecule is CN(C)C(c1ccccc1)c1c(O)ccc2c1CCC1C2=CC[C@]2(C)C(O)CCC12. The molecule has 1 fully saturated rings. The zero-order chi connectivity index (χ0) is 21.0. The minimum Gasteiger partial charge on any atom is -0.508 e. The molecule has 0 radical (unpaired) electrons. The van der Waals surface area contributed by atoms with Gasteiger partial charge in [0.15, 0.2) is 0 Å². The van der Waals surface area contributed by atoms with Crippen LogP contribution in [-0.4, -0.2) is 35.3 Å². The fourth-order valence-corrected chi connectivity index (χ4v) is 6.71. The van der Waals surface area contributed by atoms with Crippen molar-refractivity contribution in [3.8, 4) is 5.75 Å². The molecule has 2 N–H and O–H groups in total. The molecule has 3 aliphatic carbocycles. The number of hydrogen-bond acceptors (Lipinski definition) is 3. The second-order valence-electron chi connectivity index (χ2n) is 10.0. The monoisotopic (exact) mass is 403 g/mol. The van der Waals surface area contributed by atoms with Gasteiger partial charge in [-0.15, -0.1) is 0 Å². The van der Waals surface area contributed by atoms with Gasteiger partial charge in [-0.1, -0.05) is 49.4 Å². The Kier molecular flexibility index (Phi) is 4.79. The Morgan fingerprint density at radius 3 is 2.53 bits per heavy atom. The van der Waals surface area contributed by atoms with Crippen molar-refractivity contribution in [2.24, 2.45) is 17.3 Å². The lowest BCUT2D eigenvalue weighted by Gasteiger charge is -2.46. The van der Waals surface area contributed by atoms with Crippen LogP contribution in [0.5, 0.6) is 5.75 Å². The van der Waals surface area contributed by atoms with E-state index in [0.717, 1.165) is 37.7 Å². The zero-order valence-corrected chi connectivity index (χ0v) is 18.3. The molecule has 0 saturated heterocycles. The number of phenols is 1. The van der Waals surface area contributed by atoms with Crippen LogP contribution >= 0.6 is 0 Å². The van der Waals surface area contributed by atoms with E-state index in [-0.39, 0.29) is 17.6 Å². The Balaban J connectivity index is 1.63. The summed E-state index contributed by atoms with van der Waals surface area (Å²) in [5, 5.41) is 21.6. The molecule has 5 rings (SSSR count). The first-order valence-electron chi connectivity index (χ1n) is 11.4. The van der Waals surface area contributed by atoms with Crippen LogP contribution in [0, 0.1) is 17.3 Å². The fourth-order valence-electron chi connectivity index (χ4n) is 6.71. The molecule has 5 atom stereocenters. The first-order chi connectivity index (χ1) is 14.4. The standard InChI is InChI=1S/C27H33NO2/c1-27-16-15-19-18-11-13-23(29)25(26(28(2)3)17-7-5-4-6-8-17)21(18)10-9-20(19)22(27)12-14-24(27)30/h4-8,11,13,15,20,22,24,26,29-30H,9-10,12,14,16H2,1-3H3/t20?,22?,24?,26?,27-/m0/s1. The summed E-state index contributed by atoms with van der Waals surface area (Å²) >= 11 is 0. The van der Waals surface area contributed by atoms with Crippen molar-refractivity contribution in [3.63, 3.8) is 0 Å². The lowest BCUT2D eigenvalue weighted by Crippen LogP contribution is -2.40. The van der Waals surface area contributed by atoms with Gasteiger partial charge >= 0.3 is 0 Å². The van der Waals surface area contributed by atoms with E-state index in [9.17, 15) is 10.2 Å². The molecular weight excluding hydrogens is 370 g/mol. The molecule has 3 heteroatoms. The fraction of sp³-hybridized carbons (Fsp3) is 0.481. The van der Waals surface area contributed by atoms with Gasteiger partial charge in [-0.05, 0) is 86.4 Å². The second-order valence-corrected chi connectivity index (χ2v) is 10.0. The number of benzene rings is 2. The highest BCUT2D eigenvalue weighted by atomic mass is 16.3. The van der Waals surface area contributed by atoms with Crippen molar-refractivity contribution in [2.45, 2.75) is 51.2 Å². The Hall–Kier alpha value is -2.10. The topological polar surface area (TPSA) is 43.7 Å². The van der Waals surface area contributed by atoms with E-state index < -0.39 is 0 Å². The Morgan fingerprint density at radius 1 is 1.03 bits per heavy atom. The van der Waals surface area contributed by atoms with Crippen LogP contribution < -0.4 is 0 Å². The van der Waals surface area contributed by atoms with E-state index >= 15 is 0 Å². The maximum Gasteiger partial charge on any atom is 0.121 e. The van der Waals surface area contributed by atoms with Gasteiger partial charge in [0.05, 0.1) is 12.1 Å². The molecule has 3 aliphatic rings. The third kappa shape index (κ3) is 2.86. The maximum absolute atomic E-state index is 11.0. The van der Waals surface area contributed by atoms with Gasteiger partial charge in [0.25, 0.3) is 0 Å². The van der Waals surface area contributed by atoms with Crippen molar-refractivity contribution < 1.29 is 10.2 Å². The van der Waals surface area contributed by atoms with Crippen LogP contribution in [0.4, 0.5) is 0 Å². The minimum absolute atomic E-state index is 0.0282. The van der Waals surface area contributed by atoms with Crippen molar-refractivity contribution in [3.05, 3.63) is 70.8 Å². The average Bonchev–Trinajstić information content (AvgIpc) is 3.05. The number of fused-ring (bicyclic) bond motifs is 5. The van der Waals surface area contributed by atoms with E-state index in [2.05, 4.69) is 62.3 Å². The number of allylic oxidation sites excluding steroid dienone is 2. The molecule has 3 nitrogen and oxygen atoms in total. The highest BCUT2D eigenvalue weighted by molar-refractivity contribution is 5.75. The first kappa shape index (κ1) is 19.8. The summed E-state index contributed by atoms with van der Waals surface area (Å²) in [7, 11) is 4.18. The van der Waals surface area contributed by atoms with Crippen LogP contribution in [0.2, 0.25) is 0 Å². The predicted octanol–water partition coefficient (Wildman–Crippen LogP) is 5.17. The van der Waals surface area contributed by atoms with Crippen molar-refractivity contribution in [2.75, 3.05) is 14.1 Å². The first-order valence-corrected chi connectivity index (χ1v) is 11.4.